The minimum absolute atomic E-state index is 0.0131. The number of allylic oxidation sites excluding steroid dienone is 1. The van der Waals surface area contributed by atoms with Crippen molar-refractivity contribution in [1.29, 1.82) is 0 Å². The van der Waals surface area contributed by atoms with Crippen molar-refractivity contribution in [2.75, 3.05) is 12.4 Å². The van der Waals surface area contributed by atoms with Gasteiger partial charge >= 0.3 is 12.6 Å². The summed E-state index contributed by atoms with van der Waals surface area (Å²) in [4.78, 5) is 24.0. The smallest absolute Gasteiger partial charge is 0.387 e. The Morgan fingerprint density at radius 3 is 2.52 bits per heavy atom. The Morgan fingerprint density at radius 2 is 1.90 bits per heavy atom. The summed E-state index contributed by atoms with van der Waals surface area (Å²) in [6.07, 6.45) is 1.28. The first-order valence-electron chi connectivity index (χ1n) is 8.25. The molecule has 0 radical (unpaired) electrons. The number of aliphatic carboxylic acids is 1. The van der Waals surface area contributed by atoms with Gasteiger partial charge in [0.2, 0.25) is 11.7 Å². The van der Waals surface area contributed by atoms with Gasteiger partial charge in [-0.05, 0) is 35.9 Å². The Balaban J connectivity index is 1.89. The Bertz CT molecular complexity index is 1000. The summed E-state index contributed by atoms with van der Waals surface area (Å²) in [5.41, 5.74) is 0.340. The van der Waals surface area contributed by atoms with E-state index in [1.54, 1.807) is 30.3 Å². The number of nitrogens with one attached hydrogen (secondary N) is 1. The van der Waals surface area contributed by atoms with Crippen LogP contribution in [-0.2, 0) is 14.3 Å². The molecule has 1 aliphatic rings. The Hall–Kier alpha value is -3.88. The van der Waals surface area contributed by atoms with E-state index in [0.717, 1.165) is 0 Å². The molecule has 0 spiro atoms. The highest BCUT2D eigenvalue weighted by molar-refractivity contribution is 6.26. The molecule has 9 heteroatoms. The van der Waals surface area contributed by atoms with Gasteiger partial charge in [-0.15, -0.1) is 0 Å². The largest absolute Gasteiger partial charge is 0.493 e. The molecule has 2 aromatic carbocycles. The molecule has 0 amide bonds. The van der Waals surface area contributed by atoms with E-state index in [-0.39, 0.29) is 23.1 Å². The zero-order valence-electron chi connectivity index (χ0n) is 15.0. The van der Waals surface area contributed by atoms with Crippen molar-refractivity contribution in [3.63, 3.8) is 0 Å². The molecule has 2 aromatic rings. The van der Waals surface area contributed by atoms with Crippen molar-refractivity contribution < 1.29 is 37.7 Å². The van der Waals surface area contributed by atoms with Crippen LogP contribution in [0.25, 0.3) is 6.08 Å². The Morgan fingerprint density at radius 1 is 1.17 bits per heavy atom. The summed E-state index contributed by atoms with van der Waals surface area (Å²) in [6.45, 7) is -3.03. The molecule has 0 atom stereocenters. The average Bonchev–Trinajstić information content (AvgIpc) is 2.98. The minimum atomic E-state index is -3.03. The van der Waals surface area contributed by atoms with Crippen LogP contribution >= 0.6 is 0 Å². The molecular formula is C20H15F2NO6. The molecule has 150 valence electrons. The third-order valence-electron chi connectivity index (χ3n) is 3.84. The first-order valence-corrected chi connectivity index (χ1v) is 8.25. The van der Waals surface area contributed by atoms with Gasteiger partial charge in [-0.2, -0.15) is 8.78 Å². The van der Waals surface area contributed by atoms with Crippen molar-refractivity contribution in [3.8, 4) is 11.5 Å². The lowest BCUT2D eigenvalue weighted by atomic mass is 10.1. The molecule has 0 saturated heterocycles. The van der Waals surface area contributed by atoms with E-state index >= 15 is 0 Å². The van der Waals surface area contributed by atoms with Crippen molar-refractivity contribution in [2.45, 2.75) is 6.61 Å². The molecule has 1 aliphatic heterocycles. The number of methoxy groups -OCH3 is 1. The molecule has 2 N–H and O–H groups in total. The van der Waals surface area contributed by atoms with Crippen molar-refractivity contribution in [3.05, 3.63) is 71.3 Å². The number of rotatable bonds is 7. The number of benzene rings is 2. The van der Waals surface area contributed by atoms with E-state index in [1.165, 1.54) is 31.4 Å². The number of carbonyl (C=O) groups excluding carboxylic acids is 1. The maximum atomic E-state index is 12.5. The summed E-state index contributed by atoms with van der Waals surface area (Å²) in [6, 6.07) is 12.6. The minimum Gasteiger partial charge on any atom is -0.493 e. The van der Waals surface area contributed by atoms with Gasteiger partial charge in [0.05, 0.1) is 7.11 Å². The van der Waals surface area contributed by atoms with Crippen molar-refractivity contribution in [2.24, 2.45) is 0 Å². The number of carbonyl (C=O) groups is 2. The second-order valence-corrected chi connectivity index (χ2v) is 5.73. The number of halogens is 2. The van der Waals surface area contributed by atoms with E-state index in [9.17, 15) is 23.5 Å². The van der Waals surface area contributed by atoms with Crippen molar-refractivity contribution >= 4 is 23.5 Å². The predicted octanol–water partition coefficient (Wildman–Crippen LogP) is 3.65. The molecule has 0 fully saturated rings. The van der Waals surface area contributed by atoms with Gasteiger partial charge in [0, 0.05) is 5.69 Å². The zero-order chi connectivity index (χ0) is 21.0. The number of hydrogen-bond donors (Lipinski definition) is 2. The van der Waals surface area contributed by atoms with E-state index in [0.29, 0.717) is 11.3 Å². The van der Waals surface area contributed by atoms with Gasteiger partial charge in [0.1, 0.15) is 0 Å². The third kappa shape index (κ3) is 4.52. The highest BCUT2D eigenvalue weighted by atomic mass is 19.3. The normalized spacial score (nSPS) is 14.9. The number of hydrogen-bond acceptors (Lipinski definition) is 6. The Labute approximate surface area is 163 Å². The fraction of sp³-hybridized carbons (Fsp3) is 0.100. The second-order valence-electron chi connectivity index (χ2n) is 5.73. The van der Waals surface area contributed by atoms with Crippen molar-refractivity contribution in [1.82, 2.24) is 0 Å². The van der Waals surface area contributed by atoms with Crippen LogP contribution in [0.4, 0.5) is 14.5 Å². The van der Waals surface area contributed by atoms with Gasteiger partial charge in [0.15, 0.2) is 22.8 Å². The maximum absolute atomic E-state index is 12.5. The SMILES string of the molecule is COc1cc(/C=C2\OC(Nc3ccccc3)=C(C(=O)O)C2=O)ccc1OC(F)F. The summed E-state index contributed by atoms with van der Waals surface area (Å²) in [5, 5.41) is 12.1. The summed E-state index contributed by atoms with van der Waals surface area (Å²) >= 11 is 0. The topological polar surface area (TPSA) is 94.1 Å². The van der Waals surface area contributed by atoms with Gasteiger partial charge < -0.3 is 24.6 Å². The summed E-state index contributed by atoms with van der Waals surface area (Å²) < 4.78 is 39.6. The molecule has 1 heterocycles. The first kappa shape index (κ1) is 19.9. The van der Waals surface area contributed by atoms with Crippen LogP contribution in [0.3, 0.4) is 0 Å². The van der Waals surface area contributed by atoms with Crippen LogP contribution in [0.15, 0.2) is 65.7 Å². The molecular weight excluding hydrogens is 388 g/mol. The summed E-state index contributed by atoms with van der Waals surface area (Å²) in [7, 11) is 1.27. The quantitative estimate of drug-likeness (QED) is 0.538. The zero-order valence-corrected chi connectivity index (χ0v) is 15.0. The first-order chi connectivity index (χ1) is 13.9. The number of para-hydroxylation sites is 1. The molecule has 0 bridgehead atoms. The van der Waals surface area contributed by atoms with Crippen LogP contribution in [0.2, 0.25) is 0 Å². The fourth-order valence-corrected chi connectivity index (χ4v) is 2.58. The highest BCUT2D eigenvalue weighted by Crippen LogP contribution is 2.32. The summed E-state index contributed by atoms with van der Waals surface area (Å²) in [5.74, 6) is -2.91. The average molecular weight is 403 g/mol. The number of carboxylic acid groups (broad SMARTS) is 1. The number of alkyl halides is 2. The van der Waals surface area contributed by atoms with Crippen LogP contribution in [0.5, 0.6) is 11.5 Å². The van der Waals surface area contributed by atoms with Crippen LogP contribution in [0, 0.1) is 0 Å². The fourth-order valence-electron chi connectivity index (χ4n) is 2.58. The van der Waals surface area contributed by atoms with Gasteiger partial charge in [-0.1, -0.05) is 24.3 Å². The molecule has 29 heavy (non-hydrogen) atoms. The molecule has 0 saturated carbocycles. The van der Waals surface area contributed by atoms with E-state index < -0.39 is 23.9 Å². The number of carboxylic acids is 1. The maximum Gasteiger partial charge on any atom is 0.387 e. The van der Waals surface area contributed by atoms with Crippen LogP contribution in [0.1, 0.15) is 5.56 Å². The third-order valence-corrected chi connectivity index (χ3v) is 3.84. The number of ether oxygens (including phenoxy) is 3. The standard InChI is InChI=1S/C20H15F2NO6/c1-27-14-9-11(7-8-13(14)29-20(21)22)10-15-17(24)16(19(25)26)18(28-15)23-12-5-3-2-4-6-12/h2-10,20,23H,1H3,(H,25,26)/b15-10-. The lowest BCUT2D eigenvalue weighted by Crippen LogP contribution is -2.12. The van der Waals surface area contributed by atoms with Crippen LogP contribution < -0.4 is 14.8 Å². The molecule has 0 aromatic heterocycles. The second kappa shape index (κ2) is 8.42. The van der Waals surface area contributed by atoms with E-state index in [2.05, 4.69) is 10.1 Å². The van der Waals surface area contributed by atoms with Crippen LogP contribution in [-0.4, -0.2) is 30.6 Å². The monoisotopic (exact) mass is 403 g/mol. The van der Waals surface area contributed by atoms with E-state index in [1.807, 2.05) is 0 Å². The molecule has 3 rings (SSSR count). The lowest BCUT2D eigenvalue weighted by molar-refractivity contribution is -0.134. The lowest BCUT2D eigenvalue weighted by Gasteiger charge is -2.10. The highest BCUT2D eigenvalue weighted by Gasteiger charge is 2.36. The number of Topliss-reactive ketones (excluding diaryl/α,β-unsaturated/α-hetero) is 1. The molecule has 0 unspecified atom stereocenters. The van der Waals surface area contributed by atoms with Gasteiger partial charge in [0.25, 0.3) is 0 Å². The molecule has 7 nitrogen and oxygen atoms in total. The van der Waals surface area contributed by atoms with E-state index in [4.69, 9.17) is 9.47 Å². The predicted molar refractivity (Wildman–Crippen MR) is 98.4 cm³/mol. The Kier molecular flexibility index (Phi) is 5.77. The number of ketones is 1. The van der Waals surface area contributed by atoms with Gasteiger partial charge in [-0.25, -0.2) is 4.79 Å². The number of anilines is 1. The molecule has 0 aliphatic carbocycles. The van der Waals surface area contributed by atoms with Gasteiger partial charge in [-0.3, -0.25) is 4.79 Å².